The molecule has 1 aliphatic rings. The van der Waals surface area contributed by atoms with Crippen LogP contribution in [0.4, 0.5) is 10.9 Å². The number of benzene rings is 1. The number of nitrogens with zero attached hydrogens (tertiary/aromatic N) is 5. The number of hydrogen-bond acceptors (Lipinski definition) is 9. The Balaban J connectivity index is 1.34. The number of aromatic nitrogens is 3. The van der Waals surface area contributed by atoms with Crippen LogP contribution >= 0.6 is 46.3 Å². The summed E-state index contributed by atoms with van der Waals surface area (Å²) in [4.78, 5) is 13.7. The molecular formula is C20H18Cl2N8OS2. The number of rotatable bonds is 7. The molecule has 4 N–H and O–H groups in total. The average Bonchev–Trinajstić information content (AvgIpc) is 3.33. The largest absolute Gasteiger partial charge is 0.334 e. The van der Waals surface area contributed by atoms with Gasteiger partial charge >= 0.3 is 0 Å². The van der Waals surface area contributed by atoms with Crippen molar-refractivity contribution in [2.24, 2.45) is 5.10 Å². The first kappa shape index (κ1) is 23.4. The van der Waals surface area contributed by atoms with Gasteiger partial charge < -0.3 is 11.2 Å². The second kappa shape index (κ2) is 10.4. The van der Waals surface area contributed by atoms with Crippen molar-refractivity contribution in [2.45, 2.75) is 30.8 Å². The van der Waals surface area contributed by atoms with Gasteiger partial charge in [-0.2, -0.15) is 10.4 Å². The molecule has 0 saturated carbocycles. The molecule has 0 bridgehead atoms. The number of amides is 1. The Morgan fingerprint density at radius 1 is 1.36 bits per heavy atom. The third-order valence-electron chi connectivity index (χ3n) is 4.86. The van der Waals surface area contributed by atoms with E-state index in [2.05, 4.69) is 32.1 Å². The summed E-state index contributed by atoms with van der Waals surface area (Å²) in [6, 6.07) is 7.28. The fourth-order valence-electron chi connectivity index (χ4n) is 3.28. The van der Waals surface area contributed by atoms with Crippen LogP contribution in [0.25, 0.3) is 0 Å². The highest BCUT2D eigenvalue weighted by molar-refractivity contribution is 7.99. The maximum atomic E-state index is 12.5. The molecule has 13 heteroatoms. The number of nitriles is 1. The number of nitrogens with two attached hydrogens (primary N) is 1. The third-order valence-corrected chi connectivity index (χ3v) is 7.58. The molecule has 0 aliphatic heterocycles. The van der Waals surface area contributed by atoms with Crippen LogP contribution in [0.1, 0.15) is 34.4 Å². The minimum absolute atomic E-state index is 0.0619. The van der Waals surface area contributed by atoms with Gasteiger partial charge in [0.05, 0.1) is 22.6 Å². The summed E-state index contributed by atoms with van der Waals surface area (Å²) in [5, 5.41) is 26.3. The lowest BCUT2D eigenvalue weighted by Gasteiger charge is -2.09. The molecule has 2 aromatic heterocycles. The number of thiophene rings is 1. The first-order chi connectivity index (χ1) is 16.0. The van der Waals surface area contributed by atoms with Crippen LogP contribution < -0.4 is 16.6 Å². The lowest BCUT2D eigenvalue weighted by Crippen LogP contribution is -2.17. The molecule has 0 spiro atoms. The fourth-order valence-corrected chi connectivity index (χ4v) is 5.65. The smallest absolute Gasteiger partial charge is 0.264 e. The van der Waals surface area contributed by atoms with Crippen molar-refractivity contribution >= 4 is 69.4 Å². The molecule has 2 heterocycles. The zero-order valence-corrected chi connectivity index (χ0v) is 20.3. The van der Waals surface area contributed by atoms with Crippen LogP contribution in [-0.4, -0.2) is 32.7 Å². The second-order valence-electron chi connectivity index (χ2n) is 7.08. The summed E-state index contributed by atoms with van der Waals surface area (Å²) in [5.41, 5.74) is 5.01. The van der Waals surface area contributed by atoms with Crippen molar-refractivity contribution < 1.29 is 4.79 Å². The normalized spacial score (nSPS) is 13.0. The Morgan fingerprint density at radius 2 is 2.18 bits per heavy atom. The molecule has 0 unspecified atom stereocenters. The van der Waals surface area contributed by atoms with Crippen LogP contribution in [0.3, 0.4) is 0 Å². The van der Waals surface area contributed by atoms with Gasteiger partial charge in [-0.3, -0.25) is 4.79 Å². The van der Waals surface area contributed by atoms with Crippen molar-refractivity contribution in [2.75, 3.05) is 22.3 Å². The van der Waals surface area contributed by atoms with E-state index in [4.69, 9.17) is 29.0 Å². The second-order valence-corrected chi connectivity index (χ2v) is 9.97. The molecule has 1 aliphatic carbocycles. The topological polar surface area (TPSA) is 134 Å². The quantitative estimate of drug-likeness (QED) is 0.183. The molecule has 1 aromatic carbocycles. The van der Waals surface area contributed by atoms with E-state index >= 15 is 0 Å². The Bertz CT molecular complexity index is 1260. The van der Waals surface area contributed by atoms with E-state index in [9.17, 15) is 10.1 Å². The summed E-state index contributed by atoms with van der Waals surface area (Å²) in [6.45, 7) is 0. The van der Waals surface area contributed by atoms with Crippen LogP contribution in [-0.2, 0) is 17.6 Å². The van der Waals surface area contributed by atoms with E-state index in [0.717, 1.165) is 43.0 Å². The van der Waals surface area contributed by atoms with Crippen molar-refractivity contribution in [1.29, 1.82) is 5.26 Å². The van der Waals surface area contributed by atoms with Crippen molar-refractivity contribution in [3.8, 4) is 6.07 Å². The van der Waals surface area contributed by atoms with E-state index in [1.54, 1.807) is 18.2 Å². The van der Waals surface area contributed by atoms with E-state index in [0.29, 0.717) is 31.3 Å². The van der Waals surface area contributed by atoms with Crippen LogP contribution in [0, 0.1) is 11.3 Å². The maximum Gasteiger partial charge on any atom is 0.264 e. The van der Waals surface area contributed by atoms with Gasteiger partial charge in [0.25, 0.3) is 5.95 Å². The summed E-state index contributed by atoms with van der Waals surface area (Å²) in [7, 11) is 0. The number of fused-ring (bicyclic) bond motifs is 1. The predicted octanol–water partition coefficient (Wildman–Crippen LogP) is 4.29. The lowest BCUT2D eigenvalue weighted by atomic mass is 9.96. The van der Waals surface area contributed by atoms with Crippen LogP contribution in [0.2, 0.25) is 10.0 Å². The van der Waals surface area contributed by atoms with E-state index in [-0.39, 0.29) is 17.6 Å². The van der Waals surface area contributed by atoms with Crippen LogP contribution in [0.5, 0.6) is 0 Å². The number of aryl methyl sites for hydroxylation is 1. The zero-order chi connectivity index (χ0) is 23.4. The molecular weight excluding hydrogens is 503 g/mol. The number of halogens is 2. The Morgan fingerprint density at radius 3 is 2.97 bits per heavy atom. The number of anilines is 2. The first-order valence-electron chi connectivity index (χ1n) is 9.88. The van der Waals surface area contributed by atoms with Gasteiger partial charge in [0.1, 0.15) is 11.1 Å². The summed E-state index contributed by atoms with van der Waals surface area (Å²) < 4.78 is 1.20. The Labute approximate surface area is 207 Å². The first-order valence-corrected chi connectivity index (χ1v) is 12.4. The minimum atomic E-state index is -0.247. The van der Waals surface area contributed by atoms with Crippen molar-refractivity contribution in [1.82, 2.24) is 14.9 Å². The highest BCUT2D eigenvalue weighted by atomic mass is 35.5. The SMILES string of the molecule is N#Cc1c(NC(=O)CSc2nnc(N/N=C/c3ccc(Cl)cc3Cl)n2N)sc2c1CCCC2. The highest BCUT2D eigenvalue weighted by Crippen LogP contribution is 2.37. The monoisotopic (exact) mass is 520 g/mol. The molecule has 0 fully saturated rings. The molecule has 0 radical (unpaired) electrons. The average molecular weight is 521 g/mol. The minimum Gasteiger partial charge on any atom is -0.334 e. The molecule has 170 valence electrons. The highest BCUT2D eigenvalue weighted by Gasteiger charge is 2.22. The predicted molar refractivity (Wildman–Crippen MR) is 133 cm³/mol. The zero-order valence-electron chi connectivity index (χ0n) is 17.1. The Hall–Kier alpha value is -2.78. The summed E-state index contributed by atoms with van der Waals surface area (Å²) in [5.74, 6) is 6.01. The fraction of sp³-hybridized carbons (Fsp3) is 0.250. The molecule has 33 heavy (non-hydrogen) atoms. The Kier molecular flexibility index (Phi) is 7.39. The number of hydrazone groups is 1. The van der Waals surface area contributed by atoms with E-state index in [1.165, 1.54) is 27.1 Å². The molecule has 0 atom stereocenters. The molecule has 0 saturated heterocycles. The lowest BCUT2D eigenvalue weighted by molar-refractivity contribution is -0.113. The number of carbonyl (C=O) groups is 1. The molecule has 9 nitrogen and oxygen atoms in total. The number of nitrogen functional groups attached to an aromatic ring is 1. The molecule has 4 rings (SSSR count). The van der Waals surface area contributed by atoms with Crippen molar-refractivity contribution in [3.05, 3.63) is 49.8 Å². The van der Waals surface area contributed by atoms with Gasteiger partial charge in [0.15, 0.2) is 0 Å². The third kappa shape index (κ3) is 5.42. The number of carbonyl (C=O) groups excluding carboxylic acids is 1. The maximum absolute atomic E-state index is 12.5. The number of thioether (sulfide) groups is 1. The van der Waals surface area contributed by atoms with Gasteiger partial charge in [-0.05, 0) is 43.4 Å². The van der Waals surface area contributed by atoms with Gasteiger partial charge in [-0.1, -0.05) is 41.0 Å². The van der Waals surface area contributed by atoms with E-state index in [1.807, 2.05) is 0 Å². The van der Waals surface area contributed by atoms with Crippen LogP contribution in [0.15, 0.2) is 28.5 Å². The van der Waals surface area contributed by atoms with Gasteiger partial charge in [-0.15, -0.1) is 21.5 Å². The summed E-state index contributed by atoms with van der Waals surface area (Å²) >= 11 is 14.6. The number of nitrogens with one attached hydrogen (secondary N) is 2. The van der Waals surface area contributed by atoms with E-state index < -0.39 is 0 Å². The van der Waals surface area contributed by atoms with Gasteiger partial charge in [0, 0.05) is 15.5 Å². The van der Waals surface area contributed by atoms with Crippen molar-refractivity contribution in [3.63, 3.8) is 0 Å². The molecule has 3 aromatic rings. The summed E-state index contributed by atoms with van der Waals surface area (Å²) in [6.07, 6.45) is 5.53. The number of hydrogen-bond donors (Lipinski definition) is 3. The standard InChI is InChI=1S/C20H18Cl2N8OS2/c21-12-6-5-11(15(22)7-12)9-25-27-19-28-29-20(30(19)24)32-10-17(31)26-18-14(8-23)13-3-1-2-4-16(13)33-18/h5-7,9H,1-4,10,24H2,(H,26,31)(H,27,28)/b25-9+. The van der Waals surface area contributed by atoms with Gasteiger partial charge in [-0.25, -0.2) is 10.1 Å². The molecule has 1 amide bonds. The van der Waals surface area contributed by atoms with Gasteiger partial charge in [0.2, 0.25) is 11.1 Å².